The maximum Gasteiger partial charge on any atom is 0.0526 e. The zero-order valence-corrected chi connectivity index (χ0v) is 6.10. The number of hydrogen-bond acceptors (Lipinski definition) is 1. The van der Waals surface area contributed by atoms with Crippen LogP contribution >= 0.6 is 9.24 Å². The van der Waals surface area contributed by atoms with Crippen LogP contribution in [-0.2, 0) is 0 Å². The van der Waals surface area contributed by atoms with Gasteiger partial charge in [0.25, 0.3) is 0 Å². The molecule has 44 valence electrons. The largest absolute Gasteiger partial charge is 0.396 e. The Kier molecular flexibility index (Phi) is 6.75. The fourth-order valence-electron chi connectivity index (χ4n) is 0.465. The Labute approximate surface area is 47.3 Å². The first-order valence-electron chi connectivity index (χ1n) is 2.82. The van der Waals surface area contributed by atoms with Crippen LogP contribution in [0.5, 0.6) is 0 Å². The lowest BCUT2D eigenvalue weighted by Gasteiger charge is -1.88. The van der Waals surface area contributed by atoms with Crippen LogP contribution in [0, 0.1) is 0 Å². The molecule has 1 N–H and O–H groups in total. The number of aliphatic hydroxyl groups excluding tert-OH is 1. The van der Waals surface area contributed by atoms with E-state index in [4.69, 9.17) is 5.11 Å². The maximum atomic E-state index is 8.30. The van der Waals surface area contributed by atoms with E-state index in [0.717, 1.165) is 6.42 Å². The molecule has 0 aliphatic rings. The van der Waals surface area contributed by atoms with E-state index in [9.17, 15) is 0 Å². The lowest BCUT2D eigenvalue weighted by atomic mass is 10.3. The first kappa shape index (κ1) is 7.39. The normalized spacial score (nSPS) is 9.86. The van der Waals surface area contributed by atoms with Gasteiger partial charge < -0.3 is 5.11 Å². The molecule has 1 atom stereocenters. The second kappa shape index (κ2) is 6.39. The first-order chi connectivity index (χ1) is 3.41. The van der Waals surface area contributed by atoms with Crippen molar-refractivity contribution in [2.75, 3.05) is 12.8 Å². The van der Waals surface area contributed by atoms with Gasteiger partial charge in [0.2, 0.25) is 0 Å². The average Bonchev–Trinajstić information content (AvgIpc) is 1.69. The Bertz CT molecular complexity index is 27.3. The predicted octanol–water partition coefficient (Wildman–Crippen LogP) is 0.756. The summed E-state index contributed by atoms with van der Waals surface area (Å²) in [5, 5.41) is 8.30. The molecule has 0 aliphatic heterocycles. The summed E-state index contributed by atoms with van der Waals surface area (Å²) in [7, 11) is 2.00. The third-order valence-corrected chi connectivity index (χ3v) is 1.41. The molecule has 1 nitrogen and oxygen atoms in total. The Hall–Kier alpha value is 0.390. The topological polar surface area (TPSA) is 20.2 Å². The van der Waals surface area contributed by atoms with Gasteiger partial charge in [-0.3, -0.25) is 0 Å². The monoisotopic (exact) mass is 121 g/mol. The van der Waals surface area contributed by atoms with Crippen molar-refractivity contribution >= 4 is 9.24 Å². The van der Waals surface area contributed by atoms with Crippen LogP contribution in [0.4, 0.5) is 0 Å². The van der Waals surface area contributed by atoms with Crippen LogP contribution in [0.3, 0.4) is 0 Å². The molecule has 0 spiro atoms. The van der Waals surface area contributed by atoms with Crippen molar-refractivity contribution < 1.29 is 5.11 Å². The second-order valence-electron chi connectivity index (χ2n) is 1.64. The van der Waals surface area contributed by atoms with Gasteiger partial charge in [0.15, 0.2) is 0 Å². The summed E-state index contributed by atoms with van der Waals surface area (Å²) in [6, 6.07) is 0. The molecule has 0 radical (unpaired) electrons. The Morgan fingerprint density at radius 2 is 1.86 bits per heavy atom. The highest BCUT2D eigenvalue weighted by molar-refractivity contribution is 7.16. The summed E-state index contributed by atoms with van der Waals surface area (Å²) in [5.41, 5.74) is 0. The maximum absolute atomic E-state index is 8.30. The van der Waals surface area contributed by atoms with E-state index in [-0.39, 0.29) is 0 Å². The fourth-order valence-corrected chi connectivity index (χ4v) is 0.819. The summed E-state index contributed by atoms with van der Waals surface area (Å²) >= 11 is 0. The molecular weight excluding hydrogens is 107 g/mol. The molecule has 7 heavy (non-hydrogen) atoms. The van der Waals surface area contributed by atoms with Crippen LogP contribution in [-0.4, -0.2) is 17.9 Å². The van der Waals surface area contributed by atoms with Crippen LogP contribution in [0.2, 0.25) is 0 Å². The van der Waals surface area contributed by atoms with Gasteiger partial charge in [-0.2, -0.15) is 0 Å². The molecule has 0 aromatic rings. The molecule has 0 heterocycles. The van der Waals surface area contributed by atoms with E-state index in [2.05, 4.69) is 0 Å². The minimum atomic E-state index is 0.364. The van der Waals surface area contributed by atoms with Crippen molar-refractivity contribution in [1.29, 1.82) is 0 Å². The summed E-state index contributed by atoms with van der Waals surface area (Å²) in [4.78, 5) is 0. The first-order valence-corrected chi connectivity index (χ1v) is 3.82. The molecule has 0 aromatic carbocycles. The summed E-state index contributed by atoms with van der Waals surface area (Å²) in [6.45, 7) is 0.364. The Balaban J connectivity index is 2.45. The molecule has 2 heteroatoms. The Morgan fingerprint density at radius 3 is 2.29 bits per heavy atom. The van der Waals surface area contributed by atoms with Gasteiger partial charge in [0.05, 0.1) is 6.16 Å². The highest BCUT2D eigenvalue weighted by Gasteiger charge is 1.83. The molecule has 0 fully saturated rings. The third kappa shape index (κ3) is 6.39. The van der Waals surface area contributed by atoms with Gasteiger partial charge in [-0.25, -0.2) is 0 Å². The van der Waals surface area contributed by atoms with E-state index in [0.29, 0.717) is 6.61 Å². The van der Waals surface area contributed by atoms with Crippen molar-refractivity contribution in [2.24, 2.45) is 0 Å². The van der Waals surface area contributed by atoms with Gasteiger partial charge >= 0.3 is 0 Å². The van der Waals surface area contributed by atoms with Gasteiger partial charge in [-0.05, 0) is 28.5 Å². The summed E-state index contributed by atoms with van der Waals surface area (Å²) in [5.74, 6) is 0. The van der Waals surface area contributed by atoms with E-state index in [1.807, 2.05) is 9.24 Å². The van der Waals surface area contributed by atoms with Crippen molar-refractivity contribution in [1.82, 2.24) is 0 Å². The van der Waals surface area contributed by atoms with Crippen molar-refractivity contribution in [3.63, 3.8) is 0 Å². The van der Waals surface area contributed by atoms with E-state index >= 15 is 0 Å². The molecule has 1 unspecified atom stereocenters. The van der Waals surface area contributed by atoms with E-state index < -0.39 is 0 Å². The van der Waals surface area contributed by atoms with Gasteiger partial charge in [-0.1, -0.05) is 0 Å². The number of hydrogen-bond donors (Lipinski definition) is 1. The minimum Gasteiger partial charge on any atom is -0.396 e. The lowest BCUT2D eigenvalue weighted by Crippen LogP contribution is -1.82. The van der Waals surface area contributed by atoms with Crippen molar-refractivity contribution in [2.45, 2.75) is 19.3 Å². The zero-order valence-electron chi connectivity index (χ0n) is 4.69. The Morgan fingerprint density at radius 1 is 1.14 bits per heavy atom. The van der Waals surface area contributed by atoms with Crippen molar-refractivity contribution in [3.8, 4) is 0 Å². The summed E-state index contributed by atoms with van der Waals surface area (Å²) in [6.07, 6.45) is 4.73. The highest BCUT2D eigenvalue weighted by atomic mass is 31.0. The van der Waals surface area contributed by atoms with Gasteiger partial charge in [0.1, 0.15) is 0 Å². The lowest BCUT2D eigenvalue weighted by molar-refractivity contribution is 0.284. The molecule has 0 aliphatic carbocycles. The minimum absolute atomic E-state index is 0.364. The second-order valence-corrected chi connectivity index (χ2v) is 2.34. The molecule has 0 amide bonds. The van der Waals surface area contributed by atoms with Crippen LogP contribution in [0.15, 0.2) is 0 Å². The zero-order chi connectivity index (χ0) is 5.54. The van der Waals surface area contributed by atoms with Gasteiger partial charge in [0, 0.05) is 6.61 Å². The van der Waals surface area contributed by atoms with Crippen LogP contribution in [0.25, 0.3) is 0 Å². The predicted molar refractivity (Wildman–Crippen MR) is 36.9 cm³/mol. The quantitative estimate of drug-likeness (QED) is 0.430. The molecule has 0 bridgehead atoms. The highest BCUT2D eigenvalue weighted by Crippen LogP contribution is 1.96. The average molecular weight is 121 g/mol. The molecule has 0 rings (SSSR count). The van der Waals surface area contributed by atoms with E-state index in [1.165, 1.54) is 19.0 Å². The molecular formula is C5H14OP+. The molecule has 0 aromatic heterocycles. The van der Waals surface area contributed by atoms with Crippen LogP contribution < -0.4 is 0 Å². The van der Waals surface area contributed by atoms with Crippen molar-refractivity contribution in [3.05, 3.63) is 0 Å². The number of aliphatic hydroxyl groups is 1. The number of rotatable bonds is 4. The molecule has 0 saturated heterocycles. The smallest absolute Gasteiger partial charge is 0.0526 e. The standard InChI is InChI=1S/C5H13OP/c6-4-2-1-3-5-7/h6H,1-5,7H2/p+1. The molecule has 0 saturated carbocycles. The SMILES string of the molecule is OCCCCC[PH3+]. The van der Waals surface area contributed by atoms with Crippen LogP contribution in [0.1, 0.15) is 19.3 Å². The van der Waals surface area contributed by atoms with E-state index in [1.54, 1.807) is 0 Å². The summed E-state index contributed by atoms with van der Waals surface area (Å²) < 4.78 is 0. The fraction of sp³-hybridized carbons (Fsp3) is 1.00. The third-order valence-electron chi connectivity index (χ3n) is 0.908. The van der Waals surface area contributed by atoms with Gasteiger partial charge in [-0.15, -0.1) is 0 Å². The number of unbranched alkanes of at least 4 members (excludes halogenated alkanes) is 2.